The molecule has 2 saturated heterocycles. The number of fused-ring (bicyclic) bond motifs is 1. The molecule has 2 fully saturated rings. The van der Waals surface area contributed by atoms with Crippen LogP contribution in [0.1, 0.15) is 37.2 Å². The Morgan fingerprint density at radius 3 is 2.65 bits per heavy atom. The number of para-hydroxylation sites is 1. The fraction of sp³-hybridized carbons (Fsp3) is 0.444. The molecule has 1 aromatic carbocycles. The number of nitrogens with zero attached hydrogens (tertiary/aromatic N) is 3. The lowest BCUT2D eigenvalue weighted by atomic mass is 10.0. The maximum atomic E-state index is 12.4. The minimum absolute atomic E-state index is 0.146. The van der Waals surface area contributed by atoms with Crippen molar-refractivity contribution in [3.05, 3.63) is 29.3 Å². The fourth-order valence-electron chi connectivity index (χ4n) is 3.78. The topological polar surface area (TPSA) is 75.0 Å². The van der Waals surface area contributed by atoms with E-state index in [0.29, 0.717) is 0 Å². The van der Waals surface area contributed by atoms with Gasteiger partial charge in [-0.25, -0.2) is 14.7 Å². The van der Waals surface area contributed by atoms with Gasteiger partial charge in [0.2, 0.25) is 0 Å². The standard InChI is InChI=1S/C18H20N4O3S/c1-2-21-16(23)17(24)22(18(21)25)11-20-10-6-5-8-13(20)15-19-12-7-3-4-9-14(12)26-15/h3-4,7,9,13H,2,5-6,8,10-11H2,1H3/p+1/t13-/m0/s1. The first-order valence-corrected chi connectivity index (χ1v) is 9.79. The van der Waals surface area contributed by atoms with Crippen molar-refractivity contribution in [3.63, 3.8) is 0 Å². The minimum atomic E-state index is -0.717. The Balaban J connectivity index is 1.59. The molecule has 2 aliphatic rings. The fourth-order valence-corrected chi connectivity index (χ4v) is 4.94. The monoisotopic (exact) mass is 373 g/mol. The molecular formula is C18H21N4O3S+. The largest absolute Gasteiger partial charge is 0.338 e. The summed E-state index contributed by atoms with van der Waals surface area (Å²) in [5, 5.41) is 1.04. The normalized spacial score (nSPS) is 24.1. The number of rotatable bonds is 4. The van der Waals surface area contributed by atoms with Gasteiger partial charge in [-0.2, -0.15) is 0 Å². The van der Waals surface area contributed by atoms with Crippen LogP contribution in [0.25, 0.3) is 10.2 Å². The Morgan fingerprint density at radius 2 is 1.92 bits per heavy atom. The zero-order valence-corrected chi connectivity index (χ0v) is 15.4. The molecule has 26 heavy (non-hydrogen) atoms. The number of piperidine rings is 1. The molecule has 0 bridgehead atoms. The van der Waals surface area contributed by atoms with Gasteiger partial charge in [-0.15, -0.1) is 11.3 Å². The van der Waals surface area contributed by atoms with E-state index >= 15 is 0 Å². The first kappa shape index (κ1) is 17.1. The van der Waals surface area contributed by atoms with Crippen LogP contribution >= 0.6 is 11.3 Å². The summed E-state index contributed by atoms with van der Waals surface area (Å²) in [4.78, 5) is 44.6. The van der Waals surface area contributed by atoms with Crippen LogP contribution in [-0.4, -0.2) is 52.4 Å². The average Bonchev–Trinajstić information content (AvgIpc) is 3.17. The smallest absolute Gasteiger partial charge is 0.309 e. The number of thiazole rings is 1. The maximum Gasteiger partial charge on any atom is 0.338 e. The zero-order chi connectivity index (χ0) is 18.3. The number of amides is 4. The Labute approximate surface area is 155 Å². The van der Waals surface area contributed by atoms with Crippen molar-refractivity contribution < 1.29 is 19.3 Å². The number of likely N-dealkylation sites (N-methyl/N-ethyl adjacent to an activating group) is 1. The van der Waals surface area contributed by atoms with Crippen LogP contribution in [0.5, 0.6) is 0 Å². The van der Waals surface area contributed by atoms with Gasteiger partial charge in [0.1, 0.15) is 6.04 Å². The highest BCUT2D eigenvalue weighted by Crippen LogP contribution is 2.28. The highest BCUT2D eigenvalue weighted by atomic mass is 32.1. The van der Waals surface area contributed by atoms with Crippen molar-refractivity contribution in [3.8, 4) is 0 Å². The molecule has 0 radical (unpaired) electrons. The molecule has 136 valence electrons. The molecule has 1 unspecified atom stereocenters. The summed E-state index contributed by atoms with van der Waals surface area (Å²) in [7, 11) is 0. The number of carbonyl (C=O) groups excluding carboxylic acids is 3. The molecule has 3 heterocycles. The highest BCUT2D eigenvalue weighted by Gasteiger charge is 2.46. The van der Waals surface area contributed by atoms with Crippen molar-refractivity contribution in [2.24, 2.45) is 0 Å². The summed E-state index contributed by atoms with van der Waals surface area (Å²) in [6.45, 7) is 3.00. The molecule has 1 aromatic heterocycles. The van der Waals surface area contributed by atoms with Gasteiger partial charge in [-0.3, -0.25) is 14.5 Å². The van der Waals surface area contributed by atoms with Gasteiger partial charge in [-0.05, 0) is 31.9 Å². The molecule has 0 saturated carbocycles. The van der Waals surface area contributed by atoms with Gasteiger partial charge in [0.05, 0.1) is 16.8 Å². The van der Waals surface area contributed by atoms with Crippen LogP contribution in [0.4, 0.5) is 4.79 Å². The van der Waals surface area contributed by atoms with E-state index < -0.39 is 17.8 Å². The molecule has 8 heteroatoms. The van der Waals surface area contributed by atoms with E-state index in [2.05, 4.69) is 6.07 Å². The van der Waals surface area contributed by atoms with Gasteiger partial charge in [0.25, 0.3) is 0 Å². The van der Waals surface area contributed by atoms with Crippen LogP contribution < -0.4 is 4.90 Å². The zero-order valence-electron chi connectivity index (χ0n) is 14.6. The number of benzene rings is 1. The molecule has 0 spiro atoms. The van der Waals surface area contributed by atoms with Crippen LogP contribution in [0.3, 0.4) is 0 Å². The third-order valence-electron chi connectivity index (χ3n) is 5.15. The summed E-state index contributed by atoms with van der Waals surface area (Å²) in [5.41, 5.74) is 0.984. The van der Waals surface area contributed by atoms with E-state index in [4.69, 9.17) is 4.98 Å². The Morgan fingerprint density at radius 1 is 1.15 bits per heavy atom. The number of nitrogens with one attached hydrogen (secondary N) is 1. The lowest BCUT2D eigenvalue weighted by Crippen LogP contribution is -3.14. The van der Waals surface area contributed by atoms with Crippen LogP contribution in [0.15, 0.2) is 24.3 Å². The summed E-state index contributed by atoms with van der Waals surface area (Å²) >= 11 is 1.67. The van der Waals surface area contributed by atoms with Gasteiger partial charge < -0.3 is 4.90 Å². The molecule has 2 atom stereocenters. The highest BCUT2D eigenvalue weighted by molar-refractivity contribution is 7.18. The first-order valence-electron chi connectivity index (χ1n) is 8.97. The number of carbonyl (C=O) groups is 3. The quantitative estimate of drug-likeness (QED) is 0.645. The third-order valence-corrected chi connectivity index (χ3v) is 6.30. The molecule has 0 aliphatic carbocycles. The van der Waals surface area contributed by atoms with Crippen molar-refractivity contribution in [1.29, 1.82) is 0 Å². The lowest BCUT2D eigenvalue weighted by Gasteiger charge is -2.32. The van der Waals surface area contributed by atoms with Crippen LogP contribution in [0.2, 0.25) is 0 Å². The van der Waals surface area contributed by atoms with E-state index in [9.17, 15) is 14.4 Å². The number of likely N-dealkylation sites (tertiary alicyclic amines) is 1. The number of hydrogen-bond donors (Lipinski definition) is 1. The van der Waals surface area contributed by atoms with E-state index in [1.807, 2.05) is 18.2 Å². The summed E-state index contributed by atoms with van der Waals surface area (Å²) in [6.07, 6.45) is 3.11. The predicted octanol–water partition coefficient (Wildman–Crippen LogP) is 1.17. The van der Waals surface area contributed by atoms with E-state index in [-0.39, 0.29) is 19.3 Å². The SMILES string of the molecule is CCN1C(=O)C(=O)N(C[NH+]2CCCC[C@H]2c2nc3ccccc3s2)C1=O. The van der Waals surface area contributed by atoms with Crippen molar-refractivity contribution in [2.45, 2.75) is 32.2 Å². The Bertz CT molecular complexity index is 847. The molecule has 7 nitrogen and oxygen atoms in total. The molecule has 2 aliphatic heterocycles. The van der Waals surface area contributed by atoms with E-state index in [1.54, 1.807) is 18.3 Å². The molecule has 1 N–H and O–H groups in total. The number of hydrogen-bond acceptors (Lipinski definition) is 5. The first-order chi connectivity index (χ1) is 12.6. The molecule has 4 amide bonds. The van der Waals surface area contributed by atoms with Crippen molar-refractivity contribution >= 4 is 39.4 Å². The summed E-state index contributed by atoms with van der Waals surface area (Å²) in [6, 6.07) is 7.69. The molecule has 2 aromatic rings. The van der Waals surface area contributed by atoms with Crippen molar-refractivity contribution in [1.82, 2.24) is 14.8 Å². The average molecular weight is 373 g/mol. The summed E-state index contributed by atoms with van der Waals surface area (Å²) in [5.74, 6) is -1.43. The Hall–Kier alpha value is -2.32. The predicted molar refractivity (Wildman–Crippen MR) is 96.5 cm³/mol. The number of imide groups is 2. The number of urea groups is 1. The maximum absolute atomic E-state index is 12.4. The molecular weight excluding hydrogens is 352 g/mol. The second-order valence-electron chi connectivity index (χ2n) is 6.70. The summed E-state index contributed by atoms with van der Waals surface area (Å²) < 4.78 is 1.15. The second-order valence-corrected chi connectivity index (χ2v) is 7.76. The lowest BCUT2D eigenvalue weighted by molar-refractivity contribution is -0.943. The van der Waals surface area contributed by atoms with Crippen LogP contribution in [0, 0.1) is 0 Å². The van der Waals surface area contributed by atoms with Gasteiger partial charge in [0.15, 0.2) is 11.7 Å². The minimum Gasteiger partial charge on any atom is -0.309 e. The van der Waals surface area contributed by atoms with Gasteiger partial charge >= 0.3 is 17.8 Å². The number of aromatic nitrogens is 1. The van der Waals surface area contributed by atoms with E-state index in [1.165, 1.54) is 0 Å². The Kier molecular flexibility index (Phi) is 4.46. The van der Waals surface area contributed by atoms with Crippen LogP contribution in [-0.2, 0) is 9.59 Å². The van der Waals surface area contributed by atoms with Gasteiger partial charge in [0, 0.05) is 13.0 Å². The van der Waals surface area contributed by atoms with Gasteiger partial charge in [-0.1, -0.05) is 12.1 Å². The van der Waals surface area contributed by atoms with E-state index in [0.717, 1.165) is 55.7 Å². The third kappa shape index (κ3) is 2.79. The molecule has 4 rings (SSSR count). The number of quaternary nitrogens is 1. The van der Waals surface area contributed by atoms with Crippen molar-refractivity contribution in [2.75, 3.05) is 19.8 Å². The second kappa shape index (κ2) is 6.77.